The van der Waals surface area contributed by atoms with Crippen LogP contribution in [0.4, 0.5) is 0 Å². The molecule has 0 aliphatic rings. The van der Waals surface area contributed by atoms with Crippen LogP contribution >= 0.6 is 22.9 Å². The van der Waals surface area contributed by atoms with Crippen LogP contribution in [0.3, 0.4) is 0 Å². The minimum Gasteiger partial charge on any atom is -0.390 e. The van der Waals surface area contributed by atoms with E-state index in [4.69, 9.17) is 11.6 Å². The van der Waals surface area contributed by atoms with E-state index in [0.29, 0.717) is 17.3 Å². The number of aliphatic hydroxyl groups excluding tert-OH is 1. The van der Waals surface area contributed by atoms with E-state index in [-0.39, 0.29) is 23.9 Å². The quantitative estimate of drug-likeness (QED) is 0.742. The first-order chi connectivity index (χ1) is 11.2. The van der Waals surface area contributed by atoms with Crippen LogP contribution in [0.5, 0.6) is 0 Å². The molecule has 0 fully saturated rings. The van der Waals surface area contributed by atoms with Crippen LogP contribution in [0.1, 0.15) is 21.1 Å². The van der Waals surface area contributed by atoms with E-state index >= 15 is 0 Å². The molecule has 2 aromatic heterocycles. The molecule has 118 valence electrons. The molecular weight excluding hydrogens is 336 g/mol. The lowest BCUT2D eigenvalue weighted by Gasteiger charge is -2.01. The number of aromatic nitrogens is 3. The molecule has 8 heteroatoms. The van der Waals surface area contributed by atoms with E-state index in [1.807, 2.05) is 17.5 Å². The summed E-state index contributed by atoms with van der Waals surface area (Å²) in [7, 11) is 0. The van der Waals surface area contributed by atoms with Gasteiger partial charge >= 0.3 is 0 Å². The molecule has 0 radical (unpaired) electrons. The Balaban J connectivity index is 1.81. The number of carbonyl (C=O) groups excluding carboxylic acids is 1. The van der Waals surface area contributed by atoms with Gasteiger partial charge in [0.15, 0.2) is 5.69 Å². The summed E-state index contributed by atoms with van der Waals surface area (Å²) in [6.45, 7) is 0.0461. The standard InChI is InChI=1S/C15H13ClN4O2S/c16-10-3-5-11(6-4-10)20-18-13(9-21)14(19-20)15(22)17-8-12-2-1-7-23-12/h1-7,21H,8-9H2,(H,17,22). The fraction of sp³-hybridized carbons (Fsp3) is 0.133. The highest BCUT2D eigenvalue weighted by molar-refractivity contribution is 7.09. The first-order valence-electron chi connectivity index (χ1n) is 6.81. The van der Waals surface area contributed by atoms with Crippen molar-refractivity contribution in [3.05, 3.63) is 63.1 Å². The van der Waals surface area contributed by atoms with Gasteiger partial charge in [-0.2, -0.15) is 4.80 Å². The zero-order valence-electron chi connectivity index (χ0n) is 11.9. The van der Waals surface area contributed by atoms with Gasteiger partial charge in [-0.05, 0) is 35.7 Å². The molecular formula is C15H13ClN4O2S. The average molecular weight is 349 g/mol. The number of hydrogen-bond acceptors (Lipinski definition) is 5. The second-order valence-corrected chi connectivity index (χ2v) is 6.15. The Bertz CT molecular complexity index is 800. The van der Waals surface area contributed by atoms with Crippen LogP contribution in [-0.4, -0.2) is 26.0 Å². The van der Waals surface area contributed by atoms with Crippen molar-refractivity contribution in [3.63, 3.8) is 0 Å². The Morgan fingerprint density at radius 2 is 2.04 bits per heavy atom. The van der Waals surface area contributed by atoms with Gasteiger partial charge in [-0.1, -0.05) is 17.7 Å². The molecule has 2 heterocycles. The highest BCUT2D eigenvalue weighted by Crippen LogP contribution is 2.14. The summed E-state index contributed by atoms with van der Waals surface area (Å²) in [5.41, 5.74) is 0.990. The lowest BCUT2D eigenvalue weighted by atomic mass is 10.3. The fourth-order valence-corrected chi connectivity index (χ4v) is 2.74. The van der Waals surface area contributed by atoms with Crippen LogP contribution in [0.25, 0.3) is 5.69 Å². The number of nitrogens with one attached hydrogen (secondary N) is 1. The van der Waals surface area contributed by atoms with E-state index in [1.54, 1.807) is 35.6 Å². The molecule has 0 aliphatic heterocycles. The normalized spacial score (nSPS) is 10.7. The first-order valence-corrected chi connectivity index (χ1v) is 8.06. The molecule has 3 aromatic rings. The third-order valence-electron chi connectivity index (χ3n) is 3.11. The smallest absolute Gasteiger partial charge is 0.274 e. The maximum Gasteiger partial charge on any atom is 0.274 e. The number of halogens is 1. The number of thiophene rings is 1. The van der Waals surface area contributed by atoms with Gasteiger partial charge in [0.25, 0.3) is 5.91 Å². The first kappa shape index (κ1) is 15.7. The van der Waals surface area contributed by atoms with Crippen molar-refractivity contribution in [2.24, 2.45) is 0 Å². The minimum absolute atomic E-state index is 0.110. The van der Waals surface area contributed by atoms with Crippen molar-refractivity contribution in [1.82, 2.24) is 20.3 Å². The van der Waals surface area contributed by atoms with Crippen molar-refractivity contribution >= 4 is 28.8 Å². The third-order valence-corrected chi connectivity index (χ3v) is 4.24. The zero-order chi connectivity index (χ0) is 16.2. The van der Waals surface area contributed by atoms with Gasteiger partial charge in [0.2, 0.25) is 0 Å². The van der Waals surface area contributed by atoms with Crippen molar-refractivity contribution in [2.45, 2.75) is 13.2 Å². The zero-order valence-corrected chi connectivity index (χ0v) is 13.5. The topological polar surface area (TPSA) is 80.0 Å². The van der Waals surface area contributed by atoms with Gasteiger partial charge in [0.1, 0.15) is 5.69 Å². The largest absolute Gasteiger partial charge is 0.390 e. The Kier molecular flexibility index (Phi) is 4.71. The number of hydrogen-bond donors (Lipinski definition) is 2. The minimum atomic E-state index is -0.373. The molecule has 0 unspecified atom stereocenters. The molecule has 0 aliphatic carbocycles. The van der Waals surface area contributed by atoms with Gasteiger partial charge in [-0.25, -0.2) is 0 Å². The second-order valence-electron chi connectivity index (χ2n) is 4.68. The highest BCUT2D eigenvalue weighted by Gasteiger charge is 2.18. The third kappa shape index (κ3) is 3.58. The summed E-state index contributed by atoms with van der Waals surface area (Å²) < 4.78 is 0. The monoisotopic (exact) mass is 348 g/mol. The molecule has 6 nitrogen and oxygen atoms in total. The van der Waals surface area contributed by atoms with Gasteiger partial charge in [0, 0.05) is 9.90 Å². The summed E-state index contributed by atoms with van der Waals surface area (Å²) in [4.78, 5) is 14.6. The number of nitrogens with zero attached hydrogens (tertiary/aromatic N) is 3. The molecule has 2 N–H and O–H groups in total. The summed E-state index contributed by atoms with van der Waals surface area (Å²) >= 11 is 7.41. The molecule has 1 aromatic carbocycles. The molecule has 1 amide bonds. The van der Waals surface area contributed by atoms with E-state index < -0.39 is 0 Å². The van der Waals surface area contributed by atoms with Gasteiger partial charge in [0.05, 0.1) is 18.8 Å². The summed E-state index contributed by atoms with van der Waals surface area (Å²) in [6, 6.07) is 10.7. The number of amides is 1. The lowest BCUT2D eigenvalue weighted by molar-refractivity contribution is 0.0942. The molecule has 0 saturated heterocycles. The van der Waals surface area contributed by atoms with Crippen LogP contribution in [0.2, 0.25) is 5.02 Å². The molecule has 0 atom stereocenters. The van der Waals surface area contributed by atoms with Crippen molar-refractivity contribution < 1.29 is 9.90 Å². The van der Waals surface area contributed by atoms with E-state index in [2.05, 4.69) is 15.5 Å². The van der Waals surface area contributed by atoms with Gasteiger partial charge in [-0.3, -0.25) is 4.79 Å². The van der Waals surface area contributed by atoms with Crippen LogP contribution in [0.15, 0.2) is 41.8 Å². The van der Waals surface area contributed by atoms with Crippen molar-refractivity contribution in [3.8, 4) is 5.69 Å². The highest BCUT2D eigenvalue weighted by atomic mass is 35.5. The SMILES string of the molecule is O=C(NCc1cccs1)c1nn(-c2ccc(Cl)cc2)nc1CO. The van der Waals surface area contributed by atoms with E-state index in [1.165, 1.54) is 4.80 Å². The molecule has 23 heavy (non-hydrogen) atoms. The Morgan fingerprint density at radius 1 is 1.26 bits per heavy atom. The maximum atomic E-state index is 12.3. The van der Waals surface area contributed by atoms with E-state index in [0.717, 1.165) is 4.88 Å². The van der Waals surface area contributed by atoms with Gasteiger partial charge in [-0.15, -0.1) is 21.5 Å². The number of rotatable bonds is 5. The number of aliphatic hydroxyl groups is 1. The molecule has 0 saturated carbocycles. The fourth-order valence-electron chi connectivity index (χ4n) is 1.97. The Labute approximate surface area is 141 Å². The molecule has 0 bridgehead atoms. The molecule has 0 spiro atoms. The average Bonchev–Trinajstić information content (AvgIpc) is 3.22. The summed E-state index contributed by atoms with van der Waals surface area (Å²) in [5, 5.41) is 23.0. The van der Waals surface area contributed by atoms with Crippen molar-refractivity contribution in [1.29, 1.82) is 0 Å². The lowest BCUT2D eigenvalue weighted by Crippen LogP contribution is -2.24. The second kappa shape index (κ2) is 6.91. The number of carbonyl (C=O) groups is 1. The van der Waals surface area contributed by atoms with Crippen LogP contribution in [-0.2, 0) is 13.2 Å². The Morgan fingerprint density at radius 3 is 2.70 bits per heavy atom. The maximum absolute atomic E-state index is 12.3. The molecule has 3 rings (SSSR count). The van der Waals surface area contributed by atoms with Crippen LogP contribution < -0.4 is 5.32 Å². The predicted octanol–water partition coefficient (Wildman–Crippen LogP) is 2.40. The van der Waals surface area contributed by atoms with E-state index in [9.17, 15) is 9.90 Å². The van der Waals surface area contributed by atoms with Crippen LogP contribution in [0, 0.1) is 0 Å². The summed E-state index contributed by atoms with van der Waals surface area (Å²) in [6.07, 6.45) is 0. The number of benzene rings is 1. The summed E-state index contributed by atoms with van der Waals surface area (Å²) in [5.74, 6) is -0.373. The van der Waals surface area contributed by atoms with Crippen molar-refractivity contribution in [2.75, 3.05) is 0 Å². The predicted molar refractivity (Wildman–Crippen MR) is 87.8 cm³/mol. The van der Waals surface area contributed by atoms with Gasteiger partial charge < -0.3 is 10.4 Å². The Hall–Kier alpha value is -2.22.